The Hall–Kier alpha value is -1.81. The molecule has 2 aromatic rings. The first-order valence-electron chi connectivity index (χ1n) is 4.47. The number of aromatic nitrogens is 2. The summed E-state index contributed by atoms with van der Waals surface area (Å²) in [7, 11) is 0. The van der Waals surface area contributed by atoms with Crippen LogP contribution in [0.3, 0.4) is 0 Å². The van der Waals surface area contributed by atoms with Gasteiger partial charge in [-0.1, -0.05) is 6.07 Å². The molecule has 0 spiro atoms. The van der Waals surface area contributed by atoms with Crippen molar-refractivity contribution in [2.75, 3.05) is 0 Å². The second-order valence-corrected chi connectivity index (χ2v) is 3.07. The number of halogens is 1. The lowest BCUT2D eigenvalue weighted by Gasteiger charge is -2.10. The Balaban J connectivity index is 2.37. The Labute approximate surface area is 86.3 Å². The van der Waals surface area contributed by atoms with Gasteiger partial charge in [0.25, 0.3) is 0 Å². The Kier molecular flexibility index (Phi) is 2.69. The van der Waals surface area contributed by atoms with Gasteiger partial charge in [0.15, 0.2) is 0 Å². The normalized spacial score (nSPS) is 12.4. The molecule has 0 fully saturated rings. The highest BCUT2D eigenvalue weighted by molar-refractivity contribution is 5.26. The molecule has 0 amide bonds. The Morgan fingerprint density at radius 3 is 2.67 bits per heavy atom. The molecule has 76 valence electrons. The average molecular weight is 204 g/mol. The minimum atomic E-state index is -1.02. The standard InChI is InChI=1S/C11H9FN2O/c12-11-9(4-2-6-14-11)10(15)8-3-1-5-13-7-8/h1-7,10,15H/t10-/m1/s1. The second-order valence-electron chi connectivity index (χ2n) is 3.07. The van der Waals surface area contributed by atoms with Crippen LogP contribution in [0.25, 0.3) is 0 Å². The van der Waals surface area contributed by atoms with Crippen LogP contribution in [-0.4, -0.2) is 15.1 Å². The van der Waals surface area contributed by atoms with Crippen molar-refractivity contribution >= 4 is 0 Å². The molecule has 3 nitrogen and oxygen atoms in total. The van der Waals surface area contributed by atoms with Gasteiger partial charge in [-0.15, -0.1) is 0 Å². The molecule has 0 saturated heterocycles. The van der Waals surface area contributed by atoms with Crippen LogP contribution in [0.2, 0.25) is 0 Å². The van der Waals surface area contributed by atoms with Crippen LogP contribution < -0.4 is 0 Å². The zero-order valence-electron chi connectivity index (χ0n) is 7.84. The van der Waals surface area contributed by atoms with Crippen molar-refractivity contribution in [2.24, 2.45) is 0 Å². The molecule has 1 atom stereocenters. The molecule has 0 unspecified atom stereocenters. The highest BCUT2D eigenvalue weighted by Crippen LogP contribution is 2.21. The number of rotatable bonds is 2. The molecule has 0 aliphatic carbocycles. The first-order valence-corrected chi connectivity index (χ1v) is 4.47. The summed E-state index contributed by atoms with van der Waals surface area (Å²) in [6.45, 7) is 0. The molecule has 1 N–H and O–H groups in total. The van der Waals surface area contributed by atoms with Crippen LogP contribution in [0, 0.1) is 5.95 Å². The largest absolute Gasteiger partial charge is 0.383 e. The molecule has 2 heterocycles. The number of aliphatic hydroxyl groups excluding tert-OH is 1. The first-order chi connectivity index (χ1) is 7.29. The fraction of sp³-hybridized carbons (Fsp3) is 0.0909. The van der Waals surface area contributed by atoms with Crippen LogP contribution >= 0.6 is 0 Å². The smallest absolute Gasteiger partial charge is 0.218 e. The molecule has 2 rings (SSSR count). The Morgan fingerprint density at radius 2 is 2.00 bits per heavy atom. The van der Waals surface area contributed by atoms with Crippen molar-refractivity contribution in [1.82, 2.24) is 9.97 Å². The van der Waals surface area contributed by atoms with E-state index in [1.54, 1.807) is 24.4 Å². The minimum absolute atomic E-state index is 0.158. The third-order valence-corrected chi connectivity index (χ3v) is 2.08. The van der Waals surface area contributed by atoms with Crippen LogP contribution in [0.15, 0.2) is 42.9 Å². The summed E-state index contributed by atoms with van der Waals surface area (Å²) in [6.07, 6.45) is 3.41. The quantitative estimate of drug-likeness (QED) is 0.757. The maximum Gasteiger partial charge on any atom is 0.218 e. The van der Waals surface area contributed by atoms with Crippen molar-refractivity contribution in [3.63, 3.8) is 0 Å². The van der Waals surface area contributed by atoms with Gasteiger partial charge < -0.3 is 5.11 Å². The van der Waals surface area contributed by atoms with E-state index in [-0.39, 0.29) is 5.56 Å². The molecular weight excluding hydrogens is 195 g/mol. The number of pyridine rings is 2. The maximum absolute atomic E-state index is 13.2. The van der Waals surface area contributed by atoms with E-state index in [1.165, 1.54) is 18.5 Å². The summed E-state index contributed by atoms with van der Waals surface area (Å²) in [5, 5.41) is 9.85. The third kappa shape index (κ3) is 1.99. The predicted molar refractivity (Wildman–Crippen MR) is 52.5 cm³/mol. The van der Waals surface area contributed by atoms with Gasteiger partial charge in [0.1, 0.15) is 6.10 Å². The van der Waals surface area contributed by atoms with Gasteiger partial charge in [-0.05, 0) is 18.2 Å². The zero-order chi connectivity index (χ0) is 10.7. The van der Waals surface area contributed by atoms with Crippen molar-refractivity contribution in [1.29, 1.82) is 0 Å². The zero-order valence-corrected chi connectivity index (χ0v) is 7.84. The molecule has 15 heavy (non-hydrogen) atoms. The summed E-state index contributed by atoms with van der Waals surface area (Å²) in [5.41, 5.74) is 0.704. The molecule has 0 aliphatic heterocycles. The fourth-order valence-corrected chi connectivity index (χ4v) is 1.32. The van der Waals surface area contributed by atoms with Crippen molar-refractivity contribution in [3.05, 3.63) is 59.9 Å². The van der Waals surface area contributed by atoms with Gasteiger partial charge in [0, 0.05) is 29.7 Å². The van der Waals surface area contributed by atoms with Gasteiger partial charge in [-0.3, -0.25) is 4.98 Å². The first kappa shape index (κ1) is 9.73. The van der Waals surface area contributed by atoms with Gasteiger partial charge in [0.2, 0.25) is 5.95 Å². The minimum Gasteiger partial charge on any atom is -0.383 e. The number of hydrogen-bond acceptors (Lipinski definition) is 3. The maximum atomic E-state index is 13.2. The van der Waals surface area contributed by atoms with Crippen molar-refractivity contribution < 1.29 is 9.50 Å². The van der Waals surface area contributed by atoms with Crippen LogP contribution in [0.1, 0.15) is 17.2 Å². The number of hydrogen-bond donors (Lipinski definition) is 1. The molecule has 0 radical (unpaired) electrons. The highest BCUT2D eigenvalue weighted by atomic mass is 19.1. The second kappa shape index (κ2) is 4.14. The van der Waals surface area contributed by atoms with E-state index < -0.39 is 12.1 Å². The molecule has 0 bridgehead atoms. The molecular formula is C11H9FN2O. The molecule has 0 aromatic carbocycles. The van der Waals surface area contributed by atoms with E-state index in [0.717, 1.165) is 0 Å². The summed E-state index contributed by atoms with van der Waals surface area (Å²) in [4.78, 5) is 7.34. The van der Waals surface area contributed by atoms with Crippen LogP contribution in [0.4, 0.5) is 4.39 Å². The van der Waals surface area contributed by atoms with Gasteiger partial charge in [0.05, 0.1) is 0 Å². The fourth-order valence-electron chi connectivity index (χ4n) is 1.32. The molecule has 2 aromatic heterocycles. The number of aliphatic hydroxyl groups is 1. The molecule has 0 saturated carbocycles. The monoisotopic (exact) mass is 204 g/mol. The number of nitrogens with zero attached hydrogens (tertiary/aromatic N) is 2. The van der Waals surface area contributed by atoms with Crippen LogP contribution in [-0.2, 0) is 0 Å². The summed E-state index contributed by atoms with van der Waals surface area (Å²) >= 11 is 0. The third-order valence-electron chi connectivity index (χ3n) is 2.08. The van der Waals surface area contributed by atoms with E-state index in [1.807, 2.05) is 0 Å². The van der Waals surface area contributed by atoms with E-state index in [2.05, 4.69) is 9.97 Å². The summed E-state index contributed by atoms with van der Waals surface area (Å²) in [6, 6.07) is 6.45. The molecule has 4 heteroatoms. The average Bonchev–Trinajstić information content (AvgIpc) is 2.30. The van der Waals surface area contributed by atoms with E-state index in [4.69, 9.17) is 0 Å². The van der Waals surface area contributed by atoms with Crippen LogP contribution in [0.5, 0.6) is 0 Å². The van der Waals surface area contributed by atoms with E-state index >= 15 is 0 Å². The van der Waals surface area contributed by atoms with Gasteiger partial charge in [-0.25, -0.2) is 4.98 Å². The van der Waals surface area contributed by atoms with Crippen molar-refractivity contribution in [2.45, 2.75) is 6.10 Å². The SMILES string of the molecule is O[C@H](c1cccnc1)c1cccnc1F. The van der Waals surface area contributed by atoms with Gasteiger partial charge in [-0.2, -0.15) is 4.39 Å². The topological polar surface area (TPSA) is 46.0 Å². The molecule has 0 aliphatic rings. The van der Waals surface area contributed by atoms with E-state index in [9.17, 15) is 9.50 Å². The Bertz CT molecular complexity index is 447. The highest BCUT2D eigenvalue weighted by Gasteiger charge is 2.14. The van der Waals surface area contributed by atoms with Crippen molar-refractivity contribution in [3.8, 4) is 0 Å². The van der Waals surface area contributed by atoms with E-state index in [0.29, 0.717) is 5.56 Å². The summed E-state index contributed by atoms with van der Waals surface area (Å²) in [5.74, 6) is -0.658. The summed E-state index contributed by atoms with van der Waals surface area (Å²) < 4.78 is 13.2. The Morgan fingerprint density at radius 1 is 1.20 bits per heavy atom. The predicted octanol–water partition coefficient (Wildman–Crippen LogP) is 1.70. The van der Waals surface area contributed by atoms with Gasteiger partial charge >= 0.3 is 0 Å². The lowest BCUT2D eigenvalue weighted by atomic mass is 10.1. The lowest BCUT2D eigenvalue weighted by Crippen LogP contribution is -2.03. The lowest BCUT2D eigenvalue weighted by molar-refractivity contribution is 0.213.